The molecule has 0 spiro atoms. The molecule has 5 heteroatoms. The number of aliphatic hydroxyl groups is 1. The third kappa shape index (κ3) is 4.01. The first kappa shape index (κ1) is 16.4. The third-order valence-electron chi connectivity index (χ3n) is 3.42. The summed E-state index contributed by atoms with van der Waals surface area (Å²) in [6.45, 7) is 7.29. The topological polar surface area (TPSA) is 74.4 Å². The number of benzene rings is 1. The minimum atomic E-state index is -0.555. The van der Waals surface area contributed by atoms with Gasteiger partial charge in [-0.15, -0.1) is 0 Å². The minimum absolute atomic E-state index is 0.141. The zero-order valence-corrected chi connectivity index (χ0v) is 13.6. The number of aromatic amines is 1. The van der Waals surface area contributed by atoms with E-state index in [1.165, 1.54) is 0 Å². The van der Waals surface area contributed by atoms with E-state index in [2.05, 4.69) is 10.3 Å². The van der Waals surface area contributed by atoms with Crippen LogP contribution in [0.2, 0.25) is 0 Å². The number of carbonyl (C=O) groups excluding carboxylic acids is 1. The number of H-pyrrole nitrogens is 1. The molecular formula is C17H24N2O3. The summed E-state index contributed by atoms with van der Waals surface area (Å²) in [5.41, 5.74) is 2.65. The van der Waals surface area contributed by atoms with Crippen LogP contribution >= 0.6 is 0 Å². The molecule has 1 heterocycles. The monoisotopic (exact) mass is 304 g/mol. The Labute approximate surface area is 130 Å². The van der Waals surface area contributed by atoms with E-state index in [0.717, 1.165) is 22.2 Å². The van der Waals surface area contributed by atoms with Crippen LogP contribution in [0.25, 0.3) is 10.9 Å². The van der Waals surface area contributed by atoms with E-state index in [9.17, 15) is 9.90 Å². The number of aromatic nitrogens is 1. The van der Waals surface area contributed by atoms with E-state index in [1.807, 2.05) is 52.0 Å². The molecule has 5 nitrogen and oxygen atoms in total. The fraction of sp³-hybridized carbons (Fsp3) is 0.471. The summed E-state index contributed by atoms with van der Waals surface area (Å²) < 4.78 is 5.24. The van der Waals surface area contributed by atoms with Crippen LogP contribution in [-0.4, -0.2) is 34.4 Å². The van der Waals surface area contributed by atoms with Crippen molar-refractivity contribution in [2.24, 2.45) is 0 Å². The van der Waals surface area contributed by atoms with Crippen LogP contribution in [0.3, 0.4) is 0 Å². The van der Waals surface area contributed by atoms with Crippen molar-refractivity contribution in [3.63, 3.8) is 0 Å². The molecule has 22 heavy (non-hydrogen) atoms. The molecule has 2 aromatic rings. The molecule has 0 bridgehead atoms. The molecule has 1 atom stereocenters. The molecule has 0 aliphatic heterocycles. The molecule has 120 valence electrons. The average molecular weight is 304 g/mol. The van der Waals surface area contributed by atoms with Crippen molar-refractivity contribution >= 4 is 17.0 Å². The standard InChI is InChI=1S/C17H24N2O3/c1-11-14(13-7-5-6-8-15(13)18-11)9-12(10-20)19-16(21)22-17(2,3)4/h5-8,12,18,20H,9-10H2,1-4H3,(H,19,21). The summed E-state index contributed by atoms with van der Waals surface area (Å²) in [7, 11) is 0. The predicted octanol–water partition coefficient (Wildman–Crippen LogP) is 2.90. The van der Waals surface area contributed by atoms with Crippen LogP contribution in [0, 0.1) is 6.92 Å². The van der Waals surface area contributed by atoms with Crippen molar-refractivity contribution in [3.8, 4) is 0 Å². The van der Waals surface area contributed by atoms with Crippen molar-refractivity contribution in [1.82, 2.24) is 10.3 Å². The zero-order valence-electron chi connectivity index (χ0n) is 13.6. The fourth-order valence-electron chi connectivity index (χ4n) is 2.48. The summed E-state index contributed by atoms with van der Waals surface area (Å²) in [6, 6.07) is 7.63. The van der Waals surface area contributed by atoms with Crippen LogP contribution in [0.4, 0.5) is 4.79 Å². The first-order chi connectivity index (χ1) is 10.3. The van der Waals surface area contributed by atoms with Gasteiger partial charge in [0.25, 0.3) is 0 Å². The van der Waals surface area contributed by atoms with Crippen molar-refractivity contribution in [3.05, 3.63) is 35.5 Å². The van der Waals surface area contributed by atoms with E-state index in [4.69, 9.17) is 4.74 Å². The molecule has 1 aromatic heterocycles. The summed E-state index contributed by atoms with van der Waals surface area (Å²) >= 11 is 0. The van der Waals surface area contributed by atoms with Gasteiger partial charge in [-0.25, -0.2) is 4.79 Å². The van der Waals surface area contributed by atoms with Gasteiger partial charge in [-0.1, -0.05) is 18.2 Å². The first-order valence-corrected chi connectivity index (χ1v) is 7.46. The lowest BCUT2D eigenvalue weighted by atomic mass is 10.0. The predicted molar refractivity (Wildman–Crippen MR) is 87.0 cm³/mol. The van der Waals surface area contributed by atoms with Gasteiger partial charge in [0, 0.05) is 16.6 Å². The summed E-state index contributed by atoms with van der Waals surface area (Å²) in [5, 5.41) is 13.4. The van der Waals surface area contributed by atoms with Gasteiger partial charge in [0.1, 0.15) is 5.60 Å². The highest BCUT2D eigenvalue weighted by molar-refractivity contribution is 5.84. The lowest BCUT2D eigenvalue weighted by Gasteiger charge is -2.22. The molecule has 0 saturated heterocycles. The maximum absolute atomic E-state index is 11.9. The molecule has 0 aliphatic rings. The Morgan fingerprint density at radius 2 is 2.05 bits per heavy atom. The number of para-hydroxylation sites is 1. The van der Waals surface area contributed by atoms with Crippen LogP contribution in [0.1, 0.15) is 32.0 Å². The summed E-state index contributed by atoms with van der Waals surface area (Å²) in [4.78, 5) is 15.2. The second kappa shape index (κ2) is 6.40. The van der Waals surface area contributed by atoms with Gasteiger partial charge in [-0.05, 0) is 45.7 Å². The normalized spacial score (nSPS) is 13.1. The molecule has 1 unspecified atom stereocenters. The van der Waals surface area contributed by atoms with E-state index in [-0.39, 0.29) is 12.6 Å². The number of hydrogen-bond donors (Lipinski definition) is 3. The van der Waals surface area contributed by atoms with Gasteiger partial charge in [0.05, 0.1) is 12.6 Å². The molecule has 2 rings (SSSR count). The first-order valence-electron chi connectivity index (χ1n) is 7.46. The highest BCUT2D eigenvalue weighted by atomic mass is 16.6. The Kier molecular flexibility index (Phi) is 4.76. The zero-order chi connectivity index (χ0) is 16.3. The van der Waals surface area contributed by atoms with Crippen molar-refractivity contribution < 1.29 is 14.6 Å². The Morgan fingerprint density at radius 3 is 2.68 bits per heavy atom. The molecule has 1 amide bonds. The lowest BCUT2D eigenvalue weighted by molar-refractivity contribution is 0.0483. The van der Waals surface area contributed by atoms with Gasteiger partial charge in [-0.2, -0.15) is 0 Å². The van der Waals surface area contributed by atoms with E-state index in [0.29, 0.717) is 6.42 Å². The smallest absolute Gasteiger partial charge is 0.407 e. The number of fused-ring (bicyclic) bond motifs is 1. The molecule has 3 N–H and O–H groups in total. The SMILES string of the molecule is Cc1[nH]c2ccccc2c1CC(CO)NC(=O)OC(C)(C)C. The fourth-order valence-corrected chi connectivity index (χ4v) is 2.48. The summed E-state index contributed by atoms with van der Waals surface area (Å²) in [5.74, 6) is 0. The van der Waals surface area contributed by atoms with Gasteiger partial charge in [-0.3, -0.25) is 0 Å². The van der Waals surface area contributed by atoms with Crippen LogP contribution < -0.4 is 5.32 Å². The van der Waals surface area contributed by atoms with Crippen molar-refractivity contribution in [2.75, 3.05) is 6.61 Å². The quantitative estimate of drug-likeness (QED) is 0.813. The number of aliphatic hydroxyl groups excluding tert-OH is 1. The molecule has 0 radical (unpaired) electrons. The van der Waals surface area contributed by atoms with Gasteiger partial charge in [0.2, 0.25) is 0 Å². The number of aryl methyl sites for hydroxylation is 1. The van der Waals surface area contributed by atoms with Gasteiger partial charge >= 0.3 is 6.09 Å². The van der Waals surface area contributed by atoms with Crippen molar-refractivity contribution in [1.29, 1.82) is 0 Å². The Balaban J connectivity index is 2.12. The average Bonchev–Trinajstić information content (AvgIpc) is 2.72. The number of carbonyl (C=O) groups is 1. The van der Waals surface area contributed by atoms with Crippen LogP contribution in [-0.2, 0) is 11.2 Å². The van der Waals surface area contributed by atoms with Crippen LogP contribution in [0.15, 0.2) is 24.3 Å². The molecule has 0 saturated carbocycles. The second-order valence-corrected chi connectivity index (χ2v) is 6.50. The Bertz CT molecular complexity index is 655. The molecule has 0 fully saturated rings. The highest BCUT2D eigenvalue weighted by Gasteiger charge is 2.21. The number of amides is 1. The van der Waals surface area contributed by atoms with E-state index < -0.39 is 11.7 Å². The minimum Gasteiger partial charge on any atom is -0.444 e. The van der Waals surface area contributed by atoms with E-state index in [1.54, 1.807) is 0 Å². The molecule has 1 aromatic carbocycles. The maximum atomic E-state index is 11.9. The van der Waals surface area contributed by atoms with Crippen molar-refractivity contribution in [2.45, 2.75) is 45.8 Å². The van der Waals surface area contributed by atoms with Gasteiger partial charge in [0.15, 0.2) is 0 Å². The van der Waals surface area contributed by atoms with E-state index >= 15 is 0 Å². The lowest BCUT2D eigenvalue weighted by Crippen LogP contribution is -2.42. The molecule has 0 aliphatic carbocycles. The third-order valence-corrected chi connectivity index (χ3v) is 3.42. The number of alkyl carbamates (subject to hydrolysis) is 1. The Morgan fingerprint density at radius 1 is 1.36 bits per heavy atom. The van der Waals surface area contributed by atoms with Crippen LogP contribution in [0.5, 0.6) is 0 Å². The number of rotatable bonds is 4. The number of hydrogen-bond acceptors (Lipinski definition) is 3. The Hall–Kier alpha value is -2.01. The number of ether oxygens (including phenoxy) is 1. The maximum Gasteiger partial charge on any atom is 0.407 e. The number of nitrogens with one attached hydrogen (secondary N) is 2. The largest absolute Gasteiger partial charge is 0.444 e. The second-order valence-electron chi connectivity index (χ2n) is 6.50. The molecular weight excluding hydrogens is 280 g/mol. The summed E-state index contributed by atoms with van der Waals surface area (Å²) in [6.07, 6.45) is 0.0371. The highest BCUT2D eigenvalue weighted by Crippen LogP contribution is 2.23. The van der Waals surface area contributed by atoms with Gasteiger partial charge < -0.3 is 20.1 Å².